The molecular formula is C35H36F6O4S2. The summed E-state index contributed by atoms with van der Waals surface area (Å²) in [6.07, 6.45) is -9.92. The standard InChI is InChI=1S/C35H36F6O4S2/c1-32(2,3)44-27(42)18-46-25-11-7-20(8-12-25)29-30(21-9-13-26(14-10-21)47-19-28(43)45-33(4,5)6)31(29)22-15-23(34(36,37)38)17-24(16-22)35(39,40)41/h7-17,29-31H,18-19H2,1-6H3. The summed E-state index contributed by atoms with van der Waals surface area (Å²) in [5, 5.41) is 0. The summed E-state index contributed by atoms with van der Waals surface area (Å²) in [4.78, 5) is 25.8. The first-order valence-electron chi connectivity index (χ1n) is 14.8. The summed E-state index contributed by atoms with van der Waals surface area (Å²) in [5.74, 6) is -2.06. The van der Waals surface area contributed by atoms with Crippen molar-refractivity contribution in [2.75, 3.05) is 11.5 Å². The number of carbonyl (C=O) groups excluding carboxylic acids is 2. The molecule has 4 rings (SSSR count). The van der Waals surface area contributed by atoms with Crippen molar-refractivity contribution < 1.29 is 45.4 Å². The number of carbonyl (C=O) groups is 2. The smallest absolute Gasteiger partial charge is 0.416 e. The van der Waals surface area contributed by atoms with Crippen LogP contribution in [0, 0.1) is 0 Å². The minimum atomic E-state index is -4.96. The van der Waals surface area contributed by atoms with Crippen LogP contribution in [0.5, 0.6) is 0 Å². The van der Waals surface area contributed by atoms with Crippen LogP contribution in [-0.4, -0.2) is 34.6 Å². The number of benzene rings is 3. The van der Waals surface area contributed by atoms with Crippen molar-refractivity contribution >= 4 is 35.5 Å². The highest BCUT2D eigenvalue weighted by Crippen LogP contribution is 2.66. The van der Waals surface area contributed by atoms with Crippen LogP contribution in [0.2, 0.25) is 0 Å². The zero-order chi connectivity index (χ0) is 34.9. The number of hydrogen-bond acceptors (Lipinski definition) is 6. The van der Waals surface area contributed by atoms with Crippen LogP contribution in [0.4, 0.5) is 26.3 Å². The lowest BCUT2D eigenvalue weighted by molar-refractivity contribution is -0.152. The molecule has 0 heterocycles. The maximum atomic E-state index is 13.8. The van der Waals surface area contributed by atoms with E-state index in [1.165, 1.54) is 23.5 Å². The Morgan fingerprint density at radius 2 is 0.872 bits per heavy atom. The third kappa shape index (κ3) is 10.4. The number of esters is 2. The van der Waals surface area contributed by atoms with Gasteiger partial charge in [-0.3, -0.25) is 9.59 Å². The average molecular weight is 699 g/mol. The molecule has 1 fully saturated rings. The maximum absolute atomic E-state index is 13.8. The minimum Gasteiger partial charge on any atom is -0.459 e. The largest absolute Gasteiger partial charge is 0.459 e. The van der Waals surface area contributed by atoms with Crippen LogP contribution in [0.15, 0.2) is 76.5 Å². The summed E-state index contributed by atoms with van der Waals surface area (Å²) < 4.78 is 93.2. The van der Waals surface area contributed by atoms with E-state index in [2.05, 4.69) is 0 Å². The van der Waals surface area contributed by atoms with Crippen LogP contribution >= 0.6 is 23.5 Å². The van der Waals surface area contributed by atoms with Crippen LogP contribution in [0.1, 0.15) is 87.1 Å². The van der Waals surface area contributed by atoms with Gasteiger partial charge in [0.2, 0.25) is 0 Å². The first-order valence-corrected chi connectivity index (χ1v) is 16.8. The lowest BCUT2D eigenvalue weighted by Crippen LogP contribution is -2.24. The van der Waals surface area contributed by atoms with Crippen molar-refractivity contribution in [2.45, 2.75) is 92.6 Å². The molecule has 0 radical (unpaired) electrons. The van der Waals surface area contributed by atoms with Crippen molar-refractivity contribution in [1.82, 2.24) is 0 Å². The van der Waals surface area contributed by atoms with Gasteiger partial charge in [-0.25, -0.2) is 0 Å². The number of rotatable bonds is 9. The predicted molar refractivity (Wildman–Crippen MR) is 171 cm³/mol. The van der Waals surface area contributed by atoms with Crippen LogP contribution in [0.25, 0.3) is 0 Å². The Morgan fingerprint density at radius 3 is 1.17 bits per heavy atom. The topological polar surface area (TPSA) is 52.6 Å². The Hall–Kier alpha value is -3.12. The Balaban J connectivity index is 1.62. The van der Waals surface area contributed by atoms with E-state index in [0.29, 0.717) is 0 Å². The first-order chi connectivity index (χ1) is 21.6. The lowest BCUT2D eigenvalue weighted by Gasteiger charge is -2.19. The zero-order valence-corrected chi connectivity index (χ0v) is 28.3. The van der Waals surface area contributed by atoms with Gasteiger partial charge in [-0.2, -0.15) is 26.3 Å². The third-order valence-electron chi connectivity index (χ3n) is 7.10. The molecule has 3 aromatic carbocycles. The molecule has 0 bridgehead atoms. The Labute approximate surface area is 279 Å². The zero-order valence-electron chi connectivity index (χ0n) is 26.7. The quantitative estimate of drug-likeness (QED) is 0.126. The molecule has 2 atom stereocenters. The summed E-state index contributed by atoms with van der Waals surface area (Å²) >= 11 is 2.53. The second kappa shape index (κ2) is 13.8. The molecular weight excluding hydrogens is 663 g/mol. The highest BCUT2D eigenvalue weighted by molar-refractivity contribution is 8.00. The van der Waals surface area contributed by atoms with Gasteiger partial charge in [-0.1, -0.05) is 24.3 Å². The van der Waals surface area contributed by atoms with Gasteiger partial charge in [-0.15, -0.1) is 23.5 Å². The molecule has 0 N–H and O–H groups in total. The van der Waals surface area contributed by atoms with E-state index in [1.807, 2.05) is 0 Å². The van der Waals surface area contributed by atoms with Crippen molar-refractivity contribution in [3.05, 3.63) is 94.5 Å². The predicted octanol–water partition coefficient (Wildman–Crippen LogP) is 10.3. The molecule has 3 aromatic rings. The Morgan fingerprint density at radius 1 is 0.553 bits per heavy atom. The molecule has 4 nitrogen and oxygen atoms in total. The SMILES string of the molecule is CC(C)(C)OC(=O)CSc1ccc(C2C(c3ccc(SCC(=O)OC(C)(C)C)cc3)C2c2cc(C(F)(F)F)cc(C(F)(F)F)c2)cc1. The van der Waals surface area contributed by atoms with Crippen molar-refractivity contribution in [1.29, 1.82) is 0 Å². The van der Waals surface area contributed by atoms with Crippen LogP contribution in [0.3, 0.4) is 0 Å². The molecule has 1 saturated carbocycles. The summed E-state index contributed by atoms with van der Waals surface area (Å²) in [5.41, 5.74) is -2.51. The van der Waals surface area contributed by atoms with E-state index in [4.69, 9.17) is 9.47 Å². The summed E-state index contributed by atoms with van der Waals surface area (Å²) in [6, 6.07) is 16.0. The van der Waals surface area contributed by atoms with Gasteiger partial charge in [0.25, 0.3) is 0 Å². The van der Waals surface area contributed by atoms with E-state index in [-0.39, 0.29) is 35.1 Å². The van der Waals surface area contributed by atoms with Crippen molar-refractivity contribution in [3.63, 3.8) is 0 Å². The normalized spacial score (nSPS) is 18.5. The van der Waals surface area contributed by atoms with Crippen molar-refractivity contribution in [2.24, 2.45) is 0 Å². The maximum Gasteiger partial charge on any atom is 0.416 e. The number of thioether (sulfide) groups is 2. The average Bonchev–Trinajstić information content (AvgIpc) is 3.68. The fourth-order valence-corrected chi connectivity index (χ4v) is 6.67. The second-order valence-electron chi connectivity index (χ2n) is 13.3. The molecule has 0 aliphatic heterocycles. The molecule has 2 unspecified atom stereocenters. The summed E-state index contributed by atoms with van der Waals surface area (Å²) in [7, 11) is 0. The molecule has 12 heteroatoms. The van der Waals surface area contributed by atoms with E-state index >= 15 is 0 Å². The van der Waals surface area contributed by atoms with Crippen LogP contribution < -0.4 is 0 Å². The highest BCUT2D eigenvalue weighted by Gasteiger charge is 2.53. The van der Waals surface area contributed by atoms with Crippen molar-refractivity contribution in [3.8, 4) is 0 Å². The molecule has 0 amide bonds. The van der Waals surface area contributed by atoms with Crippen LogP contribution in [-0.2, 0) is 31.4 Å². The number of halogens is 6. The fraction of sp³-hybridized carbons (Fsp3) is 0.429. The monoisotopic (exact) mass is 698 g/mol. The Kier molecular flexibility index (Phi) is 10.8. The summed E-state index contributed by atoms with van der Waals surface area (Å²) in [6.45, 7) is 10.6. The molecule has 47 heavy (non-hydrogen) atoms. The van der Waals surface area contributed by atoms with E-state index < -0.39 is 52.4 Å². The number of ether oxygens (including phenoxy) is 2. The molecule has 254 valence electrons. The molecule has 0 aromatic heterocycles. The molecule has 0 spiro atoms. The van der Waals surface area contributed by atoms with Gasteiger partial charge in [0.05, 0.1) is 22.6 Å². The van der Waals surface area contributed by atoms with E-state index in [0.717, 1.165) is 33.1 Å². The minimum absolute atomic E-state index is 0.0473. The number of alkyl halides is 6. The fourth-order valence-electron chi connectivity index (χ4n) is 5.33. The van der Waals surface area contributed by atoms with Gasteiger partial charge in [-0.05, 0) is 118 Å². The molecule has 0 saturated heterocycles. The lowest BCUT2D eigenvalue weighted by atomic mass is 9.98. The van der Waals surface area contributed by atoms with Gasteiger partial charge in [0.15, 0.2) is 0 Å². The van der Waals surface area contributed by atoms with E-state index in [1.54, 1.807) is 90.1 Å². The second-order valence-corrected chi connectivity index (χ2v) is 15.4. The first kappa shape index (κ1) is 36.7. The molecule has 1 aliphatic rings. The molecule has 1 aliphatic carbocycles. The highest BCUT2D eigenvalue weighted by atomic mass is 32.2. The van der Waals surface area contributed by atoms with Gasteiger partial charge < -0.3 is 9.47 Å². The van der Waals surface area contributed by atoms with Gasteiger partial charge in [0, 0.05) is 9.79 Å². The number of hydrogen-bond donors (Lipinski definition) is 0. The van der Waals surface area contributed by atoms with Gasteiger partial charge >= 0.3 is 24.3 Å². The Bertz CT molecular complexity index is 1460. The van der Waals surface area contributed by atoms with E-state index in [9.17, 15) is 35.9 Å². The third-order valence-corrected chi connectivity index (χ3v) is 9.07. The van der Waals surface area contributed by atoms with Gasteiger partial charge in [0.1, 0.15) is 11.2 Å².